The van der Waals surface area contributed by atoms with Crippen molar-refractivity contribution < 1.29 is 9.53 Å². The number of nitrogens with one attached hydrogen (secondary N) is 1. The van der Waals surface area contributed by atoms with Gasteiger partial charge in [0.1, 0.15) is 5.00 Å². The fraction of sp³-hybridized carbons (Fsp3) is 0.500. The van der Waals surface area contributed by atoms with Gasteiger partial charge < -0.3 is 15.0 Å². The molecule has 0 radical (unpaired) electrons. The molecule has 0 fully saturated rings. The standard InChI is InChI=1S/C18H26N4O2S2/c1-8-13-12(4)26-16(15(13)17(23)24-7)19-18(25)21(5)9-14-10(2)20-22(6)11(14)3/h8-9H2,1-7H3,(H,19,25). The molecule has 0 saturated carbocycles. The number of carbonyl (C=O) groups is 1. The van der Waals surface area contributed by atoms with Crippen LogP contribution in [-0.4, -0.2) is 39.9 Å². The molecule has 0 atom stereocenters. The molecule has 142 valence electrons. The summed E-state index contributed by atoms with van der Waals surface area (Å²) in [5, 5.41) is 8.98. The summed E-state index contributed by atoms with van der Waals surface area (Å²) in [5.74, 6) is -0.335. The number of esters is 1. The fourth-order valence-electron chi connectivity index (χ4n) is 2.96. The SMILES string of the molecule is CCc1c(C)sc(NC(=S)N(C)Cc2c(C)nn(C)c2C)c1C(=O)OC. The summed E-state index contributed by atoms with van der Waals surface area (Å²) in [4.78, 5) is 15.3. The van der Waals surface area contributed by atoms with E-state index in [2.05, 4.69) is 10.4 Å². The number of rotatable bonds is 5. The molecule has 26 heavy (non-hydrogen) atoms. The van der Waals surface area contributed by atoms with Crippen LogP contribution < -0.4 is 5.32 Å². The first-order valence-electron chi connectivity index (χ1n) is 8.42. The number of nitrogens with zero attached hydrogens (tertiary/aromatic N) is 3. The van der Waals surface area contributed by atoms with Crippen molar-refractivity contribution in [1.29, 1.82) is 0 Å². The molecule has 0 amide bonds. The van der Waals surface area contributed by atoms with Crippen molar-refractivity contribution in [2.75, 3.05) is 19.5 Å². The lowest BCUT2D eigenvalue weighted by atomic mass is 10.1. The van der Waals surface area contributed by atoms with E-state index in [0.717, 1.165) is 38.8 Å². The molecular formula is C18H26N4O2S2. The number of ether oxygens (including phenoxy) is 1. The highest BCUT2D eigenvalue weighted by molar-refractivity contribution is 7.80. The number of hydrogen-bond donors (Lipinski definition) is 1. The average molecular weight is 395 g/mol. The van der Waals surface area contributed by atoms with Crippen molar-refractivity contribution in [2.24, 2.45) is 7.05 Å². The van der Waals surface area contributed by atoms with Gasteiger partial charge in [0.25, 0.3) is 0 Å². The molecule has 0 spiro atoms. The molecule has 6 nitrogen and oxygen atoms in total. The second kappa shape index (κ2) is 8.18. The van der Waals surface area contributed by atoms with E-state index in [1.807, 2.05) is 51.4 Å². The van der Waals surface area contributed by atoms with Gasteiger partial charge in [-0.15, -0.1) is 11.3 Å². The molecule has 0 bridgehead atoms. The van der Waals surface area contributed by atoms with Crippen molar-refractivity contribution in [1.82, 2.24) is 14.7 Å². The topological polar surface area (TPSA) is 59.4 Å². The zero-order valence-electron chi connectivity index (χ0n) is 16.4. The Labute approximate surface area is 164 Å². The van der Waals surface area contributed by atoms with E-state index < -0.39 is 0 Å². The molecule has 0 saturated heterocycles. The van der Waals surface area contributed by atoms with Crippen molar-refractivity contribution in [2.45, 2.75) is 40.7 Å². The van der Waals surface area contributed by atoms with Gasteiger partial charge in [-0.25, -0.2) is 4.79 Å². The molecule has 0 aromatic carbocycles. The Morgan fingerprint density at radius 1 is 1.35 bits per heavy atom. The van der Waals surface area contributed by atoms with Crippen LogP contribution in [0, 0.1) is 20.8 Å². The molecule has 2 heterocycles. The summed E-state index contributed by atoms with van der Waals surface area (Å²) in [5.41, 5.74) is 4.86. The van der Waals surface area contributed by atoms with E-state index in [0.29, 0.717) is 17.2 Å². The number of thiophene rings is 1. The van der Waals surface area contributed by atoms with Gasteiger partial charge in [0.05, 0.1) is 18.4 Å². The van der Waals surface area contributed by atoms with Crippen molar-refractivity contribution >= 4 is 39.6 Å². The third kappa shape index (κ3) is 3.91. The molecule has 1 N–H and O–H groups in total. The molecule has 2 rings (SSSR count). The highest BCUT2D eigenvalue weighted by Crippen LogP contribution is 2.34. The summed E-state index contributed by atoms with van der Waals surface area (Å²) in [7, 11) is 5.27. The number of methoxy groups -OCH3 is 1. The lowest BCUT2D eigenvalue weighted by Crippen LogP contribution is -2.31. The Kier molecular flexibility index (Phi) is 6.41. The van der Waals surface area contributed by atoms with Crippen LogP contribution in [0.3, 0.4) is 0 Å². The Bertz CT molecular complexity index is 839. The van der Waals surface area contributed by atoms with Crippen LogP contribution in [0.5, 0.6) is 0 Å². The zero-order valence-corrected chi connectivity index (χ0v) is 18.0. The maximum absolute atomic E-state index is 12.2. The Balaban J connectivity index is 2.23. The second-order valence-electron chi connectivity index (χ2n) is 6.25. The number of thiocarbonyl (C=S) groups is 1. The van der Waals surface area contributed by atoms with Gasteiger partial charge in [0.15, 0.2) is 5.11 Å². The fourth-order valence-corrected chi connectivity index (χ4v) is 4.32. The lowest BCUT2D eigenvalue weighted by molar-refractivity contribution is 0.0601. The maximum atomic E-state index is 12.2. The number of anilines is 1. The van der Waals surface area contributed by atoms with Crippen LogP contribution in [0.25, 0.3) is 0 Å². The highest BCUT2D eigenvalue weighted by atomic mass is 32.1. The number of aromatic nitrogens is 2. The molecule has 2 aromatic heterocycles. The number of carbonyl (C=O) groups excluding carboxylic acids is 1. The van der Waals surface area contributed by atoms with Crippen molar-refractivity contribution in [3.8, 4) is 0 Å². The van der Waals surface area contributed by atoms with Crippen LogP contribution in [-0.2, 0) is 24.8 Å². The zero-order chi connectivity index (χ0) is 19.6. The molecule has 0 unspecified atom stereocenters. The summed E-state index contributed by atoms with van der Waals surface area (Å²) in [6.45, 7) is 8.74. The Hall–Kier alpha value is -1.93. The summed E-state index contributed by atoms with van der Waals surface area (Å²) >= 11 is 7.09. The van der Waals surface area contributed by atoms with E-state index in [9.17, 15) is 4.79 Å². The van der Waals surface area contributed by atoms with E-state index in [1.165, 1.54) is 18.4 Å². The Morgan fingerprint density at radius 2 is 2.00 bits per heavy atom. The Morgan fingerprint density at radius 3 is 2.50 bits per heavy atom. The average Bonchev–Trinajstić information content (AvgIpc) is 3.03. The molecule has 0 aliphatic rings. The van der Waals surface area contributed by atoms with Gasteiger partial charge in [0, 0.05) is 36.8 Å². The van der Waals surface area contributed by atoms with E-state index >= 15 is 0 Å². The number of aryl methyl sites for hydroxylation is 3. The highest BCUT2D eigenvalue weighted by Gasteiger charge is 2.23. The molecule has 8 heteroatoms. The van der Waals surface area contributed by atoms with Gasteiger partial charge in [-0.05, 0) is 45.0 Å². The van der Waals surface area contributed by atoms with Gasteiger partial charge in [-0.2, -0.15) is 5.10 Å². The van der Waals surface area contributed by atoms with Gasteiger partial charge in [-0.1, -0.05) is 6.92 Å². The van der Waals surface area contributed by atoms with Gasteiger partial charge in [-0.3, -0.25) is 4.68 Å². The third-order valence-electron chi connectivity index (χ3n) is 4.57. The summed E-state index contributed by atoms with van der Waals surface area (Å²) < 4.78 is 6.84. The molecule has 2 aromatic rings. The maximum Gasteiger partial charge on any atom is 0.341 e. The van der Waals surface area contributed by atoms with Crippen LogP contribution in [0.15, 0.2) is 0 Å². The first-order chi connectivity index (χ1) is 12.2. The minimum Gasteiger partial charge on any atom is -0.465 e. The largest absolute Gasteiger partial charge is 0.465 e. The summed E-state index contributed by atoms with van der Waals surface area (Å²) in [6.07, 6.45) is 0.769. The van der Waals surface area contributed by atoms with E-state index in [4.69, 9.17) is 17.0 Å². The van der Waals surface area contributed by atoms with E-state index in [1.54, 1.807) is 0 Å². The van der Waals surface area contributed by atoms with Crippen LogP contribution in [0.4, 0.5) is 5.00 Å². The predicted octanol–water partition coefficient (Wildman–Crippen LogP) is 3.58. The summed E-state index contributed by atoms with van der Waals surface area (Å²) in [6, 6.07) is 0. The first kappa shape index (κ1) is 20.4. The van der Waals surface area contributed by atoms with Crippen LogP contribution in [0.2, 0.25) is 0 Å². The van der Waals surface area contributed by atoms with E-state index in [-0.39, 0.29) is 5.97 Å². The van der Waals surface area contributed by atoms with Crippen LogP contribution in [0.1, 0.15) is 44.7 Å². The monoisotopic (exact) mass is 394 g/mol. The van der Waals surface area contributed by atoms with Gasteiger partial charge in [0.2, 0.25) is 0 Å². The third-order valence-corrected chi connectivity index (χ3v) is 6.05. The molecular weight excluding hydrogens is 368 g/mol. The normalized spacial score (nSPS) is 10.7. The van der Waals surface area contributed by atoms with Crippen LogP contribution >= 0.6 is 23.6 Å². The molecule has 0 aliphatic carbocycles. The van der Waals surface area contributed by atoms with Crippen molar-refractivity contribution in [3.05, 3.63) is 33.0 Å². The smallest absolute Gasteiger partial charge is 0.341 e. The minimum absolute atomic E-state index is 0.335. The predicted molar refractivity (Wildman–Crippen MR) is 110 cm³/mol. The lowest BCUT2D eigenvalue weighted by Gasteiger charge is -2.21. The quantitative estimate of drug-likeness (QED) is 0.618. The second-order valence-corrected chi connectivity index (χ2v) is 7.86. The first-order valence-corrected chi connectivity index (χ1v) is 9.65. The van der Waals surface area contributed by atoms with Crippen molar-refractivity contribution in [3.63, 3.8) is 0 Å². The number of hydrogen-bond acceptors (Lipinski definition) is 5. The molecule has 0 aliphatic heterocycles. The minimum atomic E-state index is -0.335. The van der Waals surface area contributed by atoms with Gasteiger partial charge >= 0.3 is 5.97 Å².